The molecule has 0 saturated heterocycles. The lowest BCUT2D eigenvalue weighted by Crippen LogP contribution is -1.92. The standard InChI is InChI=1S/C10H13N3O/c1-4-8-5-10(14-12-8)9-6-11-13(3)7(9)2/h5-6H,4H2,1-3H3. The Morgan fingerprint density at radius 2 is 2.29 bits per heavy atom. The van der Waals surface area contributed by atoms with Gasteiger partial charge in [-0.2, -0.15) is 5.10 Å². The molecule has 0 saturated carbocycles. The molecule has 0 N–H and O–H groups in total. The van der Waals surface area contributed by atoms with Crippen molar-refractivity contribution in [1.29, 1.82) is 0 Å². The molecule has 0 unspecified atom stereocenters. The first-order chi connectivity index (χ1) is 6.72. The van der Waals surface area contributed by atoms with E-state index in [-0.39, 0.29) is 0 Å². The minimum absolute atomic E-state index is 0.799. The summed E-state index contributed by atoms with van der Waals surface area (Å²) in [7, 11) is 1.91. The molecule has 0 aromatic carbocycles. The summed E-state index contributed by atoms with van der Waals surface area (Å²) in [5, 5.41) is 8.11. The number of aryl methyl sites for hydroxylation is 2. The largest absolute Gasteiger partial charge is 0.356 e. The van der Waals surface area contributed by atoms with E-state index in [4.69, 9.17) is 4.52 Å². The van der Waals surface area contributed by atoms with E-state index in [1.165, 1.54) is 0 Å². The molecule has 0 radical (unpaired) electrons. The van der Waals surface area contributed by atoms with Crippen LogP contribution in [0.5, 0.6) is 0 Å². The molecule has 74 valence electrons. The Kier molecular flexibility index (Phi) is 2.11. The number of nitrogens with zero attached hydrogens (tertiary/aromatic N) is 3. The lowest BCUT2D eigenvalue weighted by Gasteiger charge is -1.94. The van der Waals surface area contributed by atoms with Gasteiger partial charge in [0, 0.05) is 18.8 Å². The van der Waals surface area contributed by atoms with E-state index in [9.17, 15) is 0 Å². The van der Waals surface area contributed by atoms with E-state index in [2.05, 4.69) is 17.2 Å². The molecule has 0 aliphatic rings. The molecule has 2 aromatic rings. The summed E-state index contributed by atoms with van der Waals surface area (Å²) < 4.78 is 7.06. The van der Waals surface area contributed by atoms with Crippen molar-refractivity contribution in [3.05, 3.63) is 23.7 Å². The fourth-order valence-corrected chi connectivity index (χ4v) is 1.35. The first kappa shape index (κ1) is 8.99. The molecule has 2 heterocycles. The van der Waals surface area contributed by atoms with Gasteiger partial charge in [0.2, 0.25) is 0 Å². The maximum absolute atomic E-state index is 5.23. The van der Waals surface area contributed by atoms with Crippen molar-refractivity contribution in [2.75, 3.05) is 0 Å². The Morgan fingerprint density at radius 3 is 2.79 bits per heavy atom. The highest BCUT2D eigenvalue weighted by Gasteiger charge is 2.11. The third-order valence-electron chi connectivity index (χ3n) is 2.42. The second-order valence-corrected chi connectivity index (χ2v) is 3.30. The highest BCUT2D eigenvalue weighted by Crippen LogP contribution is 2.23. The van der Waals surface area contributed by atoms with Crippen molar-refractivity contribution in [2.24, 2.45) is 7.05 Å². The SMILES string of the molecule is CCc1cc(-c2cnn(C)c2C)on1. The smallest absolute Gasteiger partial charge is 0.170 e. The van der Waals surface area contributed by atoms with E-state index >= 15 is 0 Å². The number of rotatable bonds is 2. The number of hydrogen-bond donors (Lipinski definition) is 0. The van der Waals surface area contributed by atoms with Gasteiger partial charge in [0.25, 0.3) is 0 Å². The van der Waals surface area contributed by atoms with Crippen LogP contribution in [0.15, 0.2) is 16.8 Å². The molecule has 2 aromatic heterocycles. The van der Waals surface area contributed by atoms with Gasteiger partial charge in [-0.05, 0) is 13.3 Å². The van der Waals surface area contributed by atoms with Crippen molar-refractivity contribution in [3.63, 3.8) is 0 Å². The topological polar surface area (TPSA) is 43.9 Å². The first-order valence-electron chi connectivity index (χ1n) is 4.67. The van der Waals surface area contributed by atoms with Crippen molar-refractivity contribution in [2.45, 2.75) is 20.3 Å². The quantitative estimate of drug-likeness (QED) is 0.728. The zero-order chi connectivity index (χ0) is 10.1. The number of aromatic nitrogens is 3. The van der Waals surface area contributed by atoms with Gasteiger partial charge in [-0.3, -0.25) is 4.68 Å². The zero-order valence-corrected chi connectivity index (χ0v) is 8.61. The zero-order valence-electron chi connectivity index (χ0n) is 8.61. The summed E-state index contributed by atoms with van der Waals surface area (Å²) >= 11 is 0. The first-order valence-corrected chi connectivity index (χ1v) is 4.67. The van der Waals surface area contributed by atoms with Gasteiger partial charge in [0.15, 0.2) is 5.76 Å². The molecule has 0 aliphatic heterocycles. The van der Waals surface area contributed by atoms with Crippen LogP contribution < -0.4 is 0 Å². The maximum atomic E-state index is 5.23. The van der Waals surface area contributed by atoms with E-state index in [1.807, 2.05) is 24.7 Å². The van der Waals surface area contributed by atoms with Crippen LogP contribution in [0.3, 0.4) is 0 Å². The summed E-state index contributed by atoms with van der Waals surface area (Å²) in [4.78, 5) is 0. The predicted molar refractivity (Wildman–Crippen MR) is 52.8 cm³/mol. The average molecular weight is 191 g/mol. The molecule has 0 bridgehead atoms. The second-order valence-electron chi connectivity index (χ2n) is 3.30. The van der Waals surface area contributed by atoms with Gasteiger partial charge in [-0.25, -0.2) is 0 Å². The summed E-state index contributed by atoms with van der Waals surface area (Å²) in [5.41, 5.74) is 3.08. The van der Waals surface area contributed by atoms with Gasteiger partial charge < -0.3 is 4.52 Å². The third kappa shape index (κ3) is 1.32. The van der Waals surface area contributed by atoms with Crippen LogP contribution >= 0.6 is 0 Å². The summed E-state index contributed by atoms with van der Waals surface area (Å²) in [6.45, 7) is 4.06. The monoisotopic (exact) mass is 191 g/mol. The Labute approximate surface area is 82.5 Å². The molecular weight excluding hydrogens is 178 g/mol. The Hall–Kier alpha value is -1.58. The highest BCUT2D eigenvalue weighted by atomic mass is 16.5. The van der Waals surface area contributed by atoms with Crippen LogP contribution in [0.4, 0.5) is 0 Å². The van der Waals surface area contributed by atoms with Crippen molar-refractivity contribution >= 4 is 0 Å². The molecule has 0 amide bonds. The molecule has 4 nitrogen and oxygen atoms in total. The molecule has 0 fully saturated rings. The summed E-state index contributed by atoms with van der Waals surface area (Å²) in [6, 6.07) is 1.96. The lowest BCUT2D eigenvalue weighted by molar-refractivity contribution is 0.424. The molecule has 0 aliphatic carbocycles. The van der Waals surface area contributed by atoms with Crippen molar-refractivity contribution < 1.29 is 4.52 Å². The Morgan fingerprint density at radius 1 is 1.50 bits per heavy atom. The van der Waals surface area contributed by atoms with Crippen molar-refractivity contribution in [3.8, 4) is 11.3 Å². The van der Waals surface area contributed by atoms with E-state index in [0.717, 1.165) is 29.1 Å². The van der Waals surface area contributed by atoms with Gasteiger partial charge >= 0.3 is 0 Å². The van der Waals surface area contributed by atoms with E-state index < -0.39 is 0 Å². The van der Waals surface area contributed by atoms with Crippen LogP contribution in [0.2, 0.25) is 0 Å². The summed E-state index contributed by atoms with van der Waals surface area (Å²) in [6.07, 6.45) is 2.69. The number of hydrogen-bond acceptors (Lipinski definition) is 3. The average Bonchev–Trinajstić information content (AvgIpc) is 2.75. The molecule has 14 heavy (non-hydrogen) atoms. The van der Waals surface area contributed by atoms with Crippen molar-refractivity contribution in [1.82, 2.24) is 14.9 Å². The molecular formula is C10H13N3O. The lowest BCUT2D eigenvalue weighted by atomic mass is 10.2. The highest BCUT2D eigenvalue weighted by molar-refractivity contribution is 5.59. The van der Waals surface area contributed by atoms with Crippen LogP contribution in [0, 0.1) is 6.92 Å². The molecule has 2 rings (SSSR count). The van der Waals surface area contributed by atoms with Gasteiger partial charge in [0.1, 0.15) is 0 Å². The Bertz CT molecular complexity index is 442. The van der Waals surface area contributed by atoms with Gasteiger partial charge in [-0.1, -0.05) is 12.1 Å². The minimum atomic E-state index is 0.799. The van der Waals surface area contributed by atoms with Crippen LogP contribution in [-0.4, -0.2) is 14.9 Å². The third-order valence-corrected chi connectivity index (χ3v) is 2.42. The Balaban J connectivity index is 2.44. The van der Waals surface area contributed by atoms with Crippen LogP contribution in [0.25, 0.3) is 11.3 Å². The minimum Gasteiger partial charge on any atom is -0.356 e. The van der Waals surface area contributed by atoms with Gasteiger partial charge in [0.05, 0.1) is 17.5 Å². The summed E-state index contributed by atoms with van der Waals surface area (Å²) in [5.74, 6) is 0.799. The fourth-order valence-electron chi connectivity index (χ4n) is 1.35. The van der Waals surface area contributed by atoms with E-state index in [1.54, 1.807) is 6.20 Å². The van der Waals surface area contributed by atoms with Crippen LogP contribution in [0.1, 0.15) is 18.3 Å². The molecule has 4 heteroatoms. The normalized spacial score (nSPS) is 10.8. The molecule has 0 spiro atoms. The van der Waals surface area contributed by atoms with E-state index in [0.29, 0.717) is 0 Å². The second kappa shape index (κ2) is 3.29. The predicted octanol–water partition coefficient (Wildman–Crippen LogP) is 1.95. The fraction of sp³-hybridized carbons (Fsp3) is 0.400. The van der Waals surface area contributed by atoms with Crippen LogP contribution in [-0.2, 0) is 13.5 Å². The maximum Gasteiger partial charge on any atom is 0.170 e. The van der Waals surface area contributed by atoms with Gasteiger partial charge in [-0.15, -0.1) is 0 Å². The molecule has 0 atom stereocenters.